The van der Waals surface area contributed by atoms with Crippen LogP contribution in [0.25, 0.3) is 63.1 Å². The Kier molecular flexibility index (Phi) is 5.04. The zero-order valence-corrected chi connectivity index (χ0v) is 18.4. The van der Waals surface area contributed by atoms with E-state index in [0.29, 0.717) is 22.7 Å². The third kappa shape index (κ3) is 2.80. The molecule has 0 fully saturated rings. The van der Waals surface area contributed by atoms with Gasteiger partial charge >= 0.3 is 0 Å². The first-order chi connectivity index (χ1) is 17.2. The second-order valence-electron chi connectivity index (χ2n) is 6.92. The largest absolute Gasteiger partial charge is 0.296 e. The summed E-state index contributed by atoms with van der Waals surface area (Å²) < 4.78 is 89.2. The minimum atomic E-state index is -1.94. The first-order valence-electron chi connectivity index (χ1n) is 9.19. The summed E-state index contributed by atoms with van der Waals surface area (Å²) >= 11 is 0.746. The number of benzene rings is 3. The molecule has 0 aliphatic carbocycles. The lowest BCUT2D eigenvalue weighted by Gasteiger charge is -2.11. The fourth-order valence-electron chi connectivity index (χ4n) is 3.68. The highest BCUT2D eigenvalue weighted by Crippen LogP contribution is 2.43. The number of nitrogens with zero attached hydrogens (tertiary/aromatic N) is 6. The first kappa shape index (κ1) is 23.0. The van der Waals surface area contributed by atoms with Crippen LogP contribution in [-0.4, -0.2) is 9.97 Å². The van der Waals surface area contributed by atoms with Gasteiger partial charge in [0, 0.05) is 5.39 Å². The monoisotopic (exact) mass is 526 g/mol. The molecule has 0 saturated carbocycles. The number of rotatable bonds is 0. The van der Waals surface area contributed by atoms with Crippen molar-refractivity contribution in [3.8, 4) is 12.1 Å². The Morgan fingerprint density at radius 2 is 1.08 bits per heavy atom. The maximum Gasteiger partial charge on any atom is 0.296 e. The Balaban J connectivity index is 2.18. The molecule has 36 heavy (non-hydrogen) atoms. The second kappa shape index (κ2) is 7.89. The average molecular weight is 526 g/mol. The van der Waals surface area contributed by atoms with Crippen LogP contribution in [0, 0.1) is 70.7 Å². The molecule has 0 amide bonds. The van der Waals surface area contributed by atoms with Crippen LogP contribution >= 0.6 is 22.7 Å². The summed E-state index contributed by atoms with van der Waals surface area (Å²) in [6, 6.07) is 3.01. The Labute approximate surface area is 202 Å². The zero-order valence-electron chi connectivity index (χ0n) is 16.8. The summed E-state index contributed by atoms with van der Waals surface area (Å²) in [6.45, 7) is 14.0. The molecule has 0 bridgehead atoms. The molecule has 0 radical (unpaired) electrons. The predicted octanol–water partition coefficient (Wildman–Crippen LogP) is 5.15. The van der Waals surface area contributed by atoms with Gasteiger partial charge in [-0.05, 0) is 0 Å². The van der Waals surface area contributed by atoms with Crippen LogP contribution in [0.15, 0.2) is 0 Å². The lowest BCUT2D eigenvalue weighted by molar-refractivity contribution is 0.512. The summed E-state index contributed by atoms with van der Waals surface area (Å²) in [5.74, 6) is -10.6. The van der Waals surface area contributed by atoms with Crippen molar-refractivity contribution in [2.75, 3.05) is 0 Å². The van der Waals surface area contributed by atoms with E-state index in [1.807, 2.05) is 0 Å². The van der Waals surface area contributed by atoms with Gasteiger partial charge in [0.1, 0.15) is 26.5 Å². The molecule has 0 saturated heterocycles. The highest BCUT2D eigenvalue weighted by atomic mass is 32.1. The molecule has 5 rings (SSSR count). The standard InChI is InChI=1S/C22F6N6S2/c1-31-5(3-29)21-33-17-9-7(14(26)16(28)20(17)36-21)11(23)8-10(12(9)24)19-18(15(27)13(8)25)34-22(35-19)6(4-30)32-2/b21-5-,22-6-. The Morgan fingerprint density at radius 1 is 0.611 bits per heavy atom. The van der Waals surface area contributed by atoms with Gasteiger partial charge in [-0.15, -0.1) is 22.7 Å². The molecule has 3 aromatic carbocycles. The number of nitriles is 2. The molecular weight excluding hydrogens is 526 g/mol. The van der Waals surface area contributed by atoms with Crippen molar-refractivity contribution in [1.82, 2.24) is 9.97 Å². The molecule has 0 aliphatic heterocycles. The van der Waals surface area contributed by atoms with E-state index in [2.05, 4.69) is 19.7 Å². The normalized spacial score (nSPS) is 12.9. The zero-order chi connectivity index (χ0) is 26.0. The number of hydrogen-bond donors (Lipinski definition) is 0. The van der Waals surface area contributed by atoms with Crippen LogP contribution in [0.5, 0.6) is 0 Å². The van der Waals surface area contributed by atoms with Crippen LogP contribution in [-0.2, 0) is 0 Å². The minimum Gasteiger partial charge on any atom is -0.247 e. The number of aromatic nitrogens is 2. The van der Waals surface area contributed by atoms with Gasteiger partial charge < -0.3 is 0 Å². The molecule has 172 valence electrons. The summed E-state index contributed by atoms with van der Waals surface area (Å²) in [4.78, 5) is 13.3. The van der Waals surface area contributed by atoms with Gasteiger partial charge in [0.15, 0.2) is 23.3 Å². The van der Waals surface area contributed by atoms with Gasteiger partial charge in [0.05, 0.1) is 56.4 Å². The SMILES string of the molecule is [C-]#[N+]/C(C#N)=c1/nc2c(s1)c(F)c(F)c1c(F)c3c(F)c(F)c4n/c(=C(\C#N)[N+]#[C-])sc4c3c(F)c12. The Bertz CT molecular complexity index is 1990. The van der Waals surface area contributed by atoms with Gasteiger partial charge in [-0.2, -0.15) is 0 Å². The topological polar surface area (TPSA) is 82.1 Å². The van der Waals surface area contributed by atoms with Crippen molar-refractivity contribution in [3.05, 3.63) is 67.1 Å². The van der Waals surface area contributed by atoms with Gasteiger partial charge in [-0.1, -0.05) is 0 Å². The van der Waals surface area contributed by atoms with Gasteiger partial charge in [-0.3, -0.25) is 0 Å². The van der Waals surface area contributed by atoms with Crippen LogP contribution in [0.2, 0.25) is 0 Å². The fourth-order valence-corrected chi connectivity index (χ4v) is 5.67. The molecule has 0 unspecified atom stereocenters. The summed E-state index contributed by atoms with van der Waals surface area (Å²) in [6.07, 6.45) is 0. The highest BCUT2D eigenvalue weighted by Gasteiger charge is 2.30. The average Bonchev–Trinajstić information content (AvgIpc) is 3.49. The predicted molar refractivity (Wildman–Crippen MR) is 118 cm³/mol. The van der Waals surface area contributed by atoms with E-state index in [9.17, 15) is 17.6 Å². The van der Waals surface area contributed by atoms with Gasteiger partial charge in [-0.25, -0.2) is 56.5 Å². The quantitative estimate of drug-likeness (QED) is 0.159. The molecular formula is C22F6N6S2. The number of thiazole rings is 2. The Hall–Kier alpha value is -4.76. The smallest absolute Gasteiger partial charge is 0.247 e. The maximum absolute atomic E-state index is 16.0. The number of fused-ring (bicyclic) bond motifs is 6. The van der Waals surface area contributed by atoms with Crippen molar-refractivity contribution in [1.29, 1.82) is 10.5 Å². The van der Waals surface area contributed by atoms with Gasteiger partial charge in [0.2, 0.25) is 0 Å². The molecule has 14 heteroatoms. The van der Waals surface area contributed by atoms with Crippen molar-refractivity contribution < 1.29 is 26.3 Å². The van der Waals surface area contributed by atoms with E-state index in [4.69, 9.17) is 23.7 Å². The molecule has 0 atom stereocenters. The molecule has 6 nitrogen and oxygen atoms in total. The number of hydrogen-bond acceptors (Lipinski definition) is 6. The van der Waals surface area contributed by atoms with Crippen molar-refractivity contribution in [2.45, 2.75) is 0 Å². The van der Waals surface area contributed by atoms with Crippen LogP contribution < -0.4 is 9.33 Å². The van der Waals surface area contributed by atoms with Crippen molar-refractivity contribution in [2.24, 2.45) is 0 Å². The second-order valence-corrected chi connectivity index (χ2v) is 8.92. The summed E-state index contributed by atoms with van der Waals surface area (Å²) in [5, 5.41) is 13.6. The molecule has 0 spiro atoms. The molecule has 5 aromatic rings. The van der Waals surface area contributed by atoms with Crippen LogP contribution in [0.4, 0.5) is 26.3 Å². The Morgan fingerprint density at radius 3 is 1.64 bits per heavy atom. The van der Waals surface area contributed by atoms with E-state index in [1.165, 1.54) is 12.1 Å². The van der Waals surface area contributed by atoms with Crippen LogP contribution in [0.3, 0.4) is 0 Å². The van der Waals surface area contributed by atoms with E-state index in [1.54, 1.807) is 0 Å². The van der Waals surface area contributed by atoms with Gasteiger partial charge in [0.25, 0.3) is 11.4 Å². The summed E-state index contributed by atoms with van der Waals surface area (Å²) in [5.41, 5.74) is -2.69. The lowest BCUT2D eigenvalue weighted by Crippen LogP contribution is -2.02. The van der Waals surface area contributed by atoms with Crippen LogP contribution in [0.1, 0.15) is 0 Å². The molecule has 0 N–H and O–H groups in total. The lowest BCUT2D eigenvalue weighted by atomic mass is 9.99. The van der Waals surface area contributed by atoms with E-state index in [-0.39, 0.29) is 0 Å². The first-order valence-corrected chi connectivity index (χ1v) is 10.8. The summed E-state index contributed by atoms with van der Waals surface area (Å²) in [7, 11) is 0. The van der Waals surface area contributed by atoms with E-state index >= 15 is 8.78 Å². The van der Waals surface area contributed by atoms with Crippen molar-refractivity contribution >= 4 is 76.0 Å². The third-order valence-corrected chi connectivity index (χ3v) is 7.30. The van der Waals surface area contributed by atoms with Crippen molar-refractivity contribution in [3.63, 3.8) is 0 Å². The molecule has 2 heterocycles. The third-order valence-electron chi connectivity index (χ3n) is 5.17. The minimum absolute atomic E-state index is 0.348. The highest BCUT2D eigenvalue weighted by molar-refractivity contribution is 7.18. The van der Waals surface area contributed by atoms with E-state index < -0.39 is 97.6 Å². The fraction of sp³-hybridized carbons (Fsp3) is 0. The molecule has 2 aromatic heterocycles. The molecule has 0 aliphatic rings. The maximum atomic E-state index is 16.0. The number of halogens is 6. The van der Waals surface area contributed by atoms with E-state index in [0.717, 1.165) is 0 Å².